The second-order valence-electron chi connectivity index (χ2n) is 5.12. The van der Waals surface area contributed by atoms with Crippen LogP contribution in [0.15, 0.2) is 48.5 Å². The molecule has 0 heterocycles. The van der Waals surface area contributed by atoms with Gasteiger partial charge < -0.3 is 5.32 Å². The summed E-state index contributed by atoms with van der Waals surface area (Å²) < 4.78 is 38.9. The third-order valence-electron chi connectivity index (χ3n) is 3.02. The number of benzene rings is 2. The number of halogens is 1. The minimum absolute atomic E-state index is 0.196. The van der Waals surface area contributed by atoms with E-state index in [4.69, 9.17) is 0 Å². The first kappa shape index (κ1) is 17.1. The number of aryl methyl sites for hydroxylation is 1. The van der Waals surface area contributed by atoms with E-state index in [-0.39, 0.29) is 12.3 Å². The number of nitrogens with one attached hydrogen (secondary N) is 2. The molecule has 122 valence electrons. The predicted molar refractivity (Wildman–Crippen MR) is 86.8 cm³/mol. The molecule has 2 aromatic carbocycles. The lowest BCUT2D eigenvalue weighted by molar-refractivity contribution is -0.115. The first-order valence-electron chi connectivity index (χ1n) is 6.92. The van der Waals surface area contributed by atoms with Crippen LogP contribution in [-0.4, -0.2) is 20.9 Å². The van der Waals surface area contributed by atoms with Crippen molar-refractivity contribution >= 4 is 21.6 Å². The van der Waals surface area contributed by atoms with Crippen molar-refractivity contribution in [3.8, 4) is 0 Å². The molecule has 7 heteroatoms. The molecule has 2 aromatic rings. The molecule has 2 N–H and O–H groups in total. The van der Waals surface area contributed by atoms with Gasteiger partial charge in [-0.1, -0.05) is 29.8 Å². The van der Waals surface area contributed by atoms with Crippen LogP contribution in [0.1, 0.15) is 11.1 Å². The molecule has 0 bridgehead atoms. The summed E-state index contributed by atoms with van der Waals surface area (Å²) in [5.41, 5.74) is 2.01. The Hall–Kier alpha value is -2.25. The maximum atomic E-state index is 12.8. The van der Waals surface area contributed by atoms with Crippen LogP contribution in [0.3, 0.4) is 0 Å². The van der Waals surface area contributed by atoms with Crippen LogP contribution in [0.4, 0.5) is 10.1 Å². The van der Waals surface area contributed by atoms with E-state index in [1.54, 1.807) is 18.2 Å². The van der Waals surface area contributed by atoms with Gasteiger partial charge in [-0.15, -0.1) is 0 Å². The predicted octanol–water partition coefficient (Wildman–Crippen LogP) is 2.19. The van der Waals surface area contributed by atoms with Crippen LogP contribution >= 0.6 is 0 Å². The van der Waals surface area contributed by atoms with Gasteiger partial charge in [-0.3, -0.25) is 4.79 Å². The number of hydrogen-bond donors (Lipinski definition) is 2. The largest absolute Gasteiger partial charge is 0.325 e. The Morgan fingerprint density at radius 3 is 2.48 bits per heavy atom. The van der Waals surface area contributed by atoms with E-state index in [1.807, 2.05) is 13.0 Å². The second kappa shape index (κ2) is 7.34. The van der Waals surface area contributed by atoms with Crippen molar-refractivity contribution in [3.05, 3.63) is 65.5 Å². The minimum Gasteiger partial charge on any atom is -0.325 e. The van der Waals surface area contributed by atoms with E-state index < -0.39 is 21.7 Å². The zero-order valence-electron chi connectivity index (χ0n) is 12.5. The van der Waals surface area contributed by atoms with Crippen LogP contribution in [0.25, 0.3) is 0 Å². The number of carbonyl (C=O) groups excluding carboxylic acids is 1. The van der Waals surface area contributed by atoms with Crippen molar-refractivity contribution in [2.45, 2.75) is 12.7 Å². The Bertz CT molecular complexity index is 789. The molecule has 5 nitrogen and oxygen atoms in total. The van der Waals surface area contributed by atoms with Gasteiger partial charge in [0.05, 0.1) is 12.3 Å². The Balaban J connectivity index is 1.88. The summed E-state index contributed by atoms with van der Waals surface area (Å²) in [5, 5.41) is 2.48. The van der Waals surface area contributed by atoms with E-state index in [0.717, 1.165) is 5.56 Å². The van der Waals surface area contributed by atoms with Gasteiger partial charge in [0.25, 0.3) is 0 Å². The fourth-order valence-electron chi connectivity index (χ4n) is 1.99. The number of amides is 1. The number of sulfonamides is 1. The monoisotopic (exact) mass is 336 g/mol. The molecular formula is C16H17FN2O3S. The van der Waals surface area contributed by atoms with Gasteiger partial charge in [0.2, 0.25) is 15.9 Å². The summed E-state index contributed by atoms with van der Waals surface area (Å²) in [6, 6.07) is 12.3. The maximum absolute atomic E-state index is 12.8. The van der Waals surface area contributed by atoms with E-state index >= 15 is 0 Å². The van der Waals surface area contributed by atoms with Gasteiger partial charge in [0.1, 0.15) is 5.82 Å². The van der Waals surface area contributed by atoms with Gasteiger partial charge >= 0.3 is 0 Å². The molecule has 0 atom stereocenters. The van der Waals surface area contributed by atoms with Crippen LogP contribution in [0, 0.1) is 12.7 Å². The lowest BCUT2D eigenvalue weighted by Crippen LogP contribution is -2.33. The number of carbonyl (C=O) groups is 1. The minimum atomic E-state index is -3.62. The molecule has 0 unspecified atom stereocenters. The van der Waals surface area contributed by atoms with Crippen molar-refractivity contribution in [1.29, 1.82) is 0 Å². The summed E-state index contributed by atoms with van der Waals surface area (Å²) in [5.74, 6) is -1.13. The lowest BCUT2D eigenvalue weighted by Gasteiger charge is -2.08. The van der Waals surface area contributed by atoms with Crippen molar-refractivity contribution < 1.29 is 17.6 Å². The summed E-state index contributed by atoms with van der Waals surface area (Å²) in [6.07, 6.45) is 0. The molecule has 0 radical (unpaired) electrons. The van der Waals surface area contributed by atoms with Crippen molar-refractivity contribution in [1.82, 2.24) is 4.72 Å². The highest BCUT2D eigenvalue weighted by atomic mass is 32.2. The Morgan fingerprint density at radius 2 is 1.83 bits per heavy atom. The number of hydrogen-bond acceptors (Lipinski definition) is 3. The Labute approximate surface area is 134 Å². The zero-order chi connectivity index (χ0) is 16.9. The summed E-state index contributed by atoms with van der Waals surface area (Å²) in [4.78, 5) is 11.7. The second-order valence-corrected chi connectivity index (χ2v) is 6.93. The number of anilines is 1. The molecule has 0 aromatic heterocycles. The van der Waals surface area contributed by atoms with E-state index in [9.17, 15) is 17.6 Å². The Morgan fingerprint density at radius 1 is 1.13 bits per heavy atom. The summed E-state index contributed by atoms with van der Waals surface area (Å²) >= 11 is 0. The maximum Gasteiger partial charge on any atom is 0.239 e. The molecule has 0 saturated heterocycles. The fraction of sp³-hybridized carbons (Fsp3) is 0.188. The van der Waals surface area contributed by atoms with Crippen molar-refractivity contribution in [3.63, 3.8) is 0 Å². The zero-order valence-corrected chi connectivity index (χ0v) is 13.4. The molecule has 0 fully saturated rings. The first-order chi connectivity index (χ1) is 10.8. The average Bonchev–Trinajstić information content (AvgIpc) is 2.47. The van der Waals surface area contributed by atoms with Crippen LogP contribution < -0.4 is 10.0 Å². The fourth-order valence-corrected chi connectivity index (χ4v) is 3.06. The van der Waals surface area contributed by atoms with E-state index in [0.29, 0.717) is 11.3 Å². The highest BCUT2D eigenvalue weighted by Gasteiger charge is 2.13. The Kier molecular flexibility index (Phi) is 5.46. The quantitative estimate of drug-likeness (QED) is 0.849. The van der Waals surface area contributed by atoms with Gasteiger partial charge in [0, 0.05) is 5.69 Å². The normalized spacial score (nSPS) is 11.2. The molecule has 0 aliphatic rings. The van der Waals surface area contributed by atoms with Crippen LogP contribution in [-0.2, 0) is 20.6 Å². The summed E-state index contributed by atoms with van der Waals surface area (Å²) in [6.45, 7) is 1.49. The SMILES string of the molecule is Cc1cccc(CS(=O)(=O)NCC(=O)Nc2ccc(F)cc2)c1. The van der Waals surface area contributed by atoms with Gasteiger partial charge in [-0.05, 0) is 36.8 Å². The van der Waals surface area contributed by atoms with Crippen molar-refractivity contribution in [2.75, 3.05) is 11.9 Å². The third kappa shape index (κ3) is 5.80. The third-order valence-corrected chi connectivity index (χ3v) is 4.32. The molecule has 0 spiro atoms. The topological polar surface area (TPSA) is 75.3 Å². The molecule has 23 heavy (non-hydrogen) atoms. The van der Waals surface area contributed by atoms with E-state index in [1.165, 1.54) is 24.3 Å². The van der Waals surface area contributed by atoms with Gasteiger partial charge in [-0.25, -0.2) is 17.5 Å². The smallest absolute Gasteiger partial charge is 0.239 e. The molecule has 0 aliphatic carbocycles. The van der Waals surface area contributed by atoms with Gasteiger partial charge in [0.15, 0.2) is 0 Å². The average molecular weight is 336 g/mol. The first-order valence-corrected chi connectivity index (χ1v) is 8.57. The number of rotatable bonds is 6. The highest BCUT2D eigenvalue weighted by molar-refractivity contribution is 7.88. The molecule has 0 saturated carbocycles. The standard InChI is InChI=1S/C16H17FN2O3S/c1-12-3-2-4-13(9-12)11-23(21,22)18-10-16(20)19-15-7-5-14(17)6-8-15/h2-9,18H,10-11H2,1H3,(H,19,20). The van der Waals surface area contributed by atoms with E-state index in [2.05, 4.69) is 10.0 Å². The molecule has 1 amide bonds. The van der Waals surface area contributed by atoms with Crippen LogP contribution in [0.5, 0.6) is 0 Å². The van der Waals surface area contributed by atoms with Gasteiger partial charge in [-0.2, -0.15) is 0 Å². The molecule has 0 aliphatic heterocycles. The molecule has 2 rings (SSSR count). The lowest BCUT2D eigenvalue weighted by atomic mass is 10.2. The summed E-state index contributed by atoms with van der Waals surface area (Å²) in [7, 11) is -3.62. The van der Waals surface area contributed by atoms with Crippen molar-refractivity contribution in [2.24, 2.45) is 0 Å². The molecular weight excluding hydrogens is 319 g/mol. The van der Waals surface area contributed by atoms with Crippen LogP contribution in [0.2, 0.25) is 0 Å². The highest BCUT2D eigenvalue weighted by Crippen LogP contribution is 2.09.